The molecule has 0 saturated heterocycles. The van der Waals surface area contributed by atoms with Gasteiger partial charge in [-0.05, 0) is 31.4 Å². The molecule has 4 nitrogen and oxygen atoms in total. The zero-order chi connectivity index (χ0) is 15.6. The molecule has 0 heterocycles. The summed E-state index contributed by atoms with van der Waals surface area (Å²) in [4.78, 5) is -0.0409. The molecular formula is C13H20Cl2N2O2S. The molecule has 3 N–H and O–H groups in total. The van der Waals surface area contributed by atoms with E-state index < -0.39 is 15.6 Å². The van der Waals surface area contributed by atoms with Crippen LogP contribution in [0, 0.1) is 0 Å². The average molecular weight is 339 g/mol. The first-order valence-electron chi connectivity index (χ1n) is 6.50. The summed E-state index contributed by atoms with van der Waals surface area (Å²) < 4.78 is 27.8. The van der Waals surface area contributed by atoms with Gasteiger partial charge in [0, 0.05) is 5.54 Å². The zero-order valence-electron chi connectivity index (χ0n) is 11.8. The Hall–Kier alpha value is -0.490. The van der Waals surface area contributed by atoms with Crippen LogP contribution in [0.3, 0.4) is 0 Å². The van der Waals surface area contributed by atoms with Gasteiger partial charge in [-0.2, -0.15) is 0 Å². The second kappa shape index (κ2) is 6.52. The molecule has 0 aliphatic carbocycles. The predicted octanol–water partition coefficient (Wildman–Crippen LogP) is 3.82. The largest absolute Gasteiger partial charge is 0.396 e. The van der Waals surface area contributed by atoms with Crippen molar-refractivity contribution < 1.29 is 8.42 Å². The van der Waals surface area contributed by atoms with Gasteiger partial charge in [0.25, 0.3) is 0 Å². The first-order valence-corrected chi connectivity index (χ1v) is 8.74. The fourth-order valence-electron chi connectivity index (χ4n) is 2.06. The number of anilines is 1. The zero-order valence-corrected chi connectivity index (χ0v) is 14.2. The topological polar surface area (TPSA) is 72.2 Å². The van der Waals surface area contributed by atoms with E-state index in [1.807, 2.05) is 20.8 Å². The van der Waals surface area contributed by atoms with E-state index in [4.69, 9.17) is 28.9 Å². The van der Waals surface area contributed by atoms with Crippen molar-refractivity contribution in [3.05, 3.63) is 22.2 Å². The molecular weight excluding hydrogens is 319 g/mol. The Morgan fingerprint density at radius 2 is 1.65 bits per heavy atom. The number of halogens is 2. The van der Waals surface area contributed by atoms with E-state index in [2.05, 4.69) is 4.72 Å². The van der Waals surface area contributed by atoms with E-state index in [1.54, 1.807) is 0 Å². The molecule has 7 heteroatoms. The monoisotopic (exact) mass is 338 g/mol. The molecule has 114 valence electrons. The van der Waals surface area contributed by atoms with Crippen LogP contribution < -0.4 is 10.5 Å². The summed E-state index contributed by atoms with van der Waals surface area (Å²) in [5, 5.41) is 0.198. The Morgan fingerprint density at radius 1 is 1.15 bits per heavy atom. The number of nitrogen functional groups attached to an aromatic ring is 1. The van der Waals surface area contributed by atoms with Gasteiger partial charge in [0.05, 0.1) is 15.7 Å². The maximum absolute atomic E-state index is 12.5. The number of hydrogen-bond donors (Lipinski definition) is 2. The van der Waals surface area contributed by atoms with Gasteiger partial charge in [0.15, 0.2) is 0 Å². The van der Waals surface area contributed by atoms with Crippen molar-refractivity contribution in [1.29, 1.82) is 0 Å². The van der Waals surface area contributed by atoms with Crippen LogP contribution in [0.25, 0.3) is 0 Å². The van der Waals surface area contributed by atoms with E-state index in [-0.39, 0.29) is 20.6 Å². The van der Waals surface area contributed by atoms with Gasteiger partial charge >= 0.3 is 0 Å². The number of rotatable bonds is 6. The molecule has 0 aliphatic heterocycles. The second-order valence-corrected chi connectivity index (χ2v) is 7.16. The molecule has 0 fully saturated rings. The summed E-state index contributed by atoms with van der Waals surface area (Å²) >= 11 is 11.8. The molecule has 0 atom stereocenters. The lowest BCUT2D eigenvalue weighted by Gasteiger charge is -2.31. The summed E-state index contributed by atoms with van der Waals surface area (Å²) in [7, 11) is -3.74. The third kappa shape index (κ3) is 3.39. The van der Waals surface area contributed by atoms with Crippen molar-refractivity contribution in [2.45, 2.75) is 50.5 Å². The van der Waals surface area contributed by atoms with Gasteiger partial charge in [-0.15, -0.1) is 0 Å². The Bertz CT molecular complexity index is 576. The minimum Gasteiger partial charge on any atom is -0.396 e. The molecule has 1 rings (SSSR count). The van der Waals surface area contributed by atoms with Crippen LogP contribution in [0.15, 0.2) is 17.0 Å². The van der Waals surface area contributed by atoms with Gasteiger partial charge in [0.1, 0.15) is 4.90 Å². The maximum atomic E-state index is 12.5. The summed E-state index contributed by atoms with van der Waals surface area (Å²) in [6.07, 6.45) is 2.08. The predicted molar refractivity (Wildman–Crippen MR) is 84.8 cm³/mol. The average Bonchev–Trinajstić information content (AvgIpc) is 2.42. The molecule has 0 aliphatic rings. The number of hydrogen-bond acceptors (Lipinski definition) is 3. The molecule has 0 aromatic heterocycles. The van der Waals surface area contributed by atoms with Gasteiger partial charge in [-0.25, -0.2) is 13.1 Å². The molecule has 1 aromatic carbocycles. The number of sulfonamides is 1. The molecule has 0 amide bonds. The van der Waals surface area contributed by atoms with E-state index in [1.165, 1.54) is 12.1 Å². The van der Waals surface area contributed by atoms with Crippen LogP contribution in [-0.2, 0) is 10.0 Å². The highest BCUT2D eigenvalue weighted by molar-refractivity contribution is 7.89. The highest BCUT2D eigenvalue weighted by Crippen LogP contribution is 2.34. The van der Waals surface area contributed by atoms with E-state index in [0.717, 1.165) is 0 Å². The van der Waals surface area contributed by atoms with E-state index in [0.29, 0.717) is 19.3 Å². The van der Waals surface area contributed by atoms with Crippen LogP contribution in [0.2, 0.25) is 10.0 Å². The number of benzene rings is 1. The Labute approximate surface area is 130 Å². The minimum absolute atomic E-state index is 0.0396. The minimum atomic E-state index is -3.74. The Balaban J connectivity index is 3.28. The molecule has 1 aromatic rings. The first-order chi connectivity index (χ1) is 9.23. The lowest BCUT2D eigenvalue weighted by molar-refractivity contribution is 0.342. The number of nitrogens with two attached hydrogens (primary N) is 1. The third-order valence-corrected chi connectivity index (χ3v) is 6.23. The number of nitrogens with one attached hydrogen (secondary N) is 1. The normalized spacial score (nSPS) is 12.7. The first kappa shape index (κ1) is 17.6. The van der Waals surface area contributed by atoms with E-state index >= 15 is 0 Å². The summed E-state index contributed by atoms with van der Waals surface area (Å²) in [6.45, 7) is 5.86. The highest BCUT2D eigenvalue weighted by Gasteiger charge is 2.32. The smallest absolute Gasteiger partial charge is 0.242 e. The Morgan fingerprint density at radius 3 is 2.10 bits per heavy atom. The summed E-state index contributed by atoms with van der Waals surface area (Å²) in [6, 6.07) is 2.80. The van der Waals surface area contributed by atoms with Gasteiger partial charge in [0.2, 0.25) is 10.0 Å². The molecule has 20 heavy (non-hydrogen) atoms. The maximum Gasteiger partial charge on any atom is 0.242 e. The van der Waals surface area contributed by atoms with Crippen LogP contribution in [0.5, 0.6) is 0 Å². The quantitative estimate of drug-likeness (QED) is 0.774. The molecule has 0 saturated carbocycles. The van der Waals surface area contributed by atoms with Crippen LogP contribution in [0.1, 0.15) is 40.0 Å². The summed E-state index contributed by atoms with van der Waals surface area (Å²) in [5.74, 6) is 0. The SMILES string of the molecule is CCC(CC)(CC)NS(=O)(=O)c1ccc(Cl)c(N)c1Cl. The fourth-order valence-corrected chi connectivity index (χ4v) is 4.44. The van der Waals surface area contributed by atoms with Crippen LogP contribution in [-0.4, -0.2) is 14.0 Å². The van der Waals surface area contributed by atoms with Gasteiger partial charge in [-0.1, -0.05) is 44.0 Å². The summed E-state index contributed by atoms with van der Waals surface area (Å²) in [5.41, 5.74) is 5.28. The molecule has 0 spiro atoms. The van der Waals surface area contributed by atoms with Crippen molar-refractivity contribution in [3.63, 3.8) is 0 Å². The second-order valence-electron chi connectivity index (χ2n) is 4.72. The van der Waals surface area contributed by atoms with Crippen molar-refractivity contribution in [1.82, 2.24) is 4.72 Å². The third-order valence-electron chi connectivity index (χ3n) is 3.76. The lowest BCUT2D eigenvalue weighted by Crippen LogP contribution is -2.47. The lowest BCUT2D eigenvalue weighted by atomic mass is 9.91. The fraction of sp³-hybridized carbons (Fsp3) is 0.538. The molecule has 0 unspecified atom stereocenters. The van der Waals surface area contributed by atoms with Crippen LogP contribution >= 0.6 is 23.2 Å². The van der Waals surface area contributed by atoms with Crippen LogP contribution in [0.4, 0.5) is 5.69 Å². The van der Waals surface area contributed by atoms with Crippen molar-refractivity contribution in [2.75, 3.05) is 5.73 Å². The standard InChI is InChI=1S/C13H20Cl2N2O2S/c1-4-13(5-2,6-3)17-20(18,19)10-8-7-9(14)12(16)11(10)15/h7-8,17H,4-6,16H2,1-3H3. The van der Waals surface area contributed by atoms with Crippen molar-refractivity contribution in [2.24, 2.45) is 0 Å². The Kier molecular flexibility index (Phi) is 5.72. The van der Waals surface area contributed by atoms with Crippen molar-refractivity contribution in [3.8, 4) is 0 Å². The van der Waals surface area contributed by atoms with E-state index in [9.17, 15) is 8.42 Å². The van der Waals surface area contributed by atoms with Gasteiger partial charge < -0.3 is 5.73 Å². The molecule has 0 bridgehead atoms. The molecule has 0 radical (unpaired) electrons. The van der Waals surface area contributed by atoms with Gasteiger partial charge in [-0.3, -0.25) is 0 Å². The van der Waals surface area contributed by atoms with Crippen molar-refractivity contribution >= 4 is 38.9 Å². The highest BCUT2D eigenvalue weighted by atomic mass is 35.5.